The number of aromatic hydroxyl groups is 1. The van der Waals surface area contributed by atoms with Crippen LogP contribution >= 0.6 is 22.6 Å². The molecule has 1 aromatic carbocycles. The Bertz CT molecular complexity index is 513. The van der Waals surface area contributed by atoms with Crippen LogP contribution < -0.4 is 0 Å². The zero-order valence-electron chi connectivity index (χ0n) is 11.0. The van der Waals surface area contributed by atoms with Crippen LogP contribution in [0.2, 0.25) is 0 Å². The van der Waals surface area contributed by atoms with E-state index in [1.54, 1.807) is 19.1 Å². The number of carboxylic acid groups (broad SMARTS) is 1. The van der Waals surface area contributed by atoms with Gasteiger partial charge in [-0.25, -0.2) is 4.79 Å². The maximum Gasteiger partial charge on any atom is 0.329 e. The first kappa shape index (κ1) is 15.7. The Morgan fingerprint density at radius 3 is 2.42 bits per heavy atom. The van der Waals surface area contributed by atoms with E-state index in [2.05, 4.69) is 0 Å². The monoisotopic (exact) mass is 377 g/mol. The van der Waals surface area contributed by atoms with E-state index in [1.807, 2.05) is 22.6 Å². The molecule has 0 heterocycles. The van der Waals surface area contributed by atoms with Crippen LogP contribution in [0.25, 0.3) is 0 Å². The summed E-state index contributed by atoms with van der Waals surface area (Å²) in [5.41, 5.74) is -1.22. The zero-order chi connectivity index (χ0) is 14.8. The minimum atomic E-state index is -1.33. The van der Waals surface area contributed by atoms with Gasteiger partial charge in [0, 0.05) is 10.1 Å². The van der Waals surface area contributed by atoms with E-state index in [0.717, 1.165) is 3.57 Å². The van der Waals surface area contributed by atoms with Gasteiger partial charge in [0.2, 0.25) is 0 Å². The van der Waals surface area contributed by atoms with E-state index in [0.29, 0.717) is 0 Å². The van der Waals surface area contributed by atoms with Gasteiger partial charge in [0.15, 0.2) is 0 Å². The minimum Gasteiger partial charge on any atom is -0.507 e. The minimum absolute atomic E-state index is 0.114. The predicted octanol–water partition coefficient (Wildman–Crippen LogP) is 2.32. The summed E-state index contributed by atoms with van der Waals surface area (Å²) in [4.78, 5) is 24.9. The number of likely N-dealkylation sites (N-methyl/N-ethyl adjacent to an activating group) is 1. The van der Waals surface area contributed by atoms with Crippen molar-refractivity contribution < 1.29 is 19.8 Å². The SMILES string of the molecule is CCN(C(=O)c1cc(I)ccc1O)C(C)(C)C(=O)O. The summed E-state index contributed by atoms with van der Waals surface area (Å²) >= 11 is 2.03. The van der Waals surface area contributed by atoms with Crippen LogP contribution in [0.4, 0.5) is 0 Å². The maximum absolute atomic E-state index is 12.4. The topological polar surface area (TPSA) is 77.8 Å². The predicted molar refractivity (Wildman–Crippen MR) is 79.2 cm³/mol. The fraction of sp³-hybridized carbons (Fsp3) is 0.385. The van der Waals surface area contributed by atoms with Gasteiger partial charge in [-0.1, -0.05) is 0 Å². The molecule has 0 unspecified atom stereocenters. The third-order valence-corrected chi connectivity index (χ3v) is 3.62. The van der Waals surface area contributed by atoms with Crippen molar-refractivity contribution in [1.82, 2.24) is 4.90 Å². The highest BCUT2D eigenvalue weighted by atomic mass is 127. The number of aliphatic carboxylic acids is 1. The van der Waals surface area contributed by atoms with Crippen molar-refractivity contribution in [3.8, 4) is 5.75 Å². The van der Waals surface area contributed by atoms with Gasteiger partial charge >= 0.3 is 5.97 Å². The number of halogens is 1. The summed E-state index contributed by atoms with van der Waals surface area (Å²) < 4.78 is 0.794. The summed E-state index contributed by atoms with van der Waals surface area (Å²) in [6.45, 7) is 4.86. The lowest BCUT2D eigenvalue weighted by Gasteiger charge is -2.34. The smallest absolute Gasteiger partial charge is 0.329 e. The number of nitrogens with zero attached hydrogens (tertiary/aromatic N) is 1. The van der Waals surface area contributed by atoms with Gasteiger partial charge in [0.1, 0.15) is 11.3 Å². The second-order valence-corrected chi connectivity index (χ2v) is 5.82. The quantitative estimate of drug-likeness (QED) is 0.790. The molecule has 0 atom stereocenters. The Hall–Kier alpha value is -1.31. The number of phenols is 1. The Kier molecular flexibility index (Phi) is 4.78. The van der Waals surface area contributed by atoms with E-state index in [9.17, 15) is 19.8 Å². The Balaban J connectivity index is 3.23. The third kappa shape index (κ3) is 3.17. The van der Waals surface area contributed by atoms with E-state index >= 15 is 0 Å². The number of hydrogen-bond donors (Lipinski definition) is 2. The van der Waals surface area contributed by atoms with Crippen LogP contribution in [0, 0.1) is 3.57 Å². The third-order valence-electron chi connectivity index (χ3n) is 2.95. The standard InChI is InChI=1S/C13H16INO4/c1-4-15(13(2,3)12(18)19)11(17)9-7-8(14)5-6-10(9)16/h5-7,16H,4H2,1-3H3,(H,18,19). The molecule has 2 N–H and O–H groups in total. The highest BCUT2D eigenvalue weighted by molar-refractivity contribution is 14.1. The van der Waals surface area contributed by atoms with Gasteiger partial charge in [-0.2, -0.15) is 0 Å². The molecule has 0 aliphatic carbocycles. The second-order valence-electron chi connectivity index (χ2n) is 4.58. The highest BCUT2D eigenvalue weighted by Crippen LogP contribution is 2.25. The lowest BCUT2D eigenvalue weighted by molar-refractivity contribution is -0.147. The summed E-state index contributed by atoms with van der Waals surface area (Å²) in [7, 11) is 0. The molecule has 104 valence electrons. The van der Waals surface area contributed by atoms with Gasteiger partial charge in [-0.15, -0.1) is 0 Å². The van der Waals surface area contributed by atoms with Crippen LogP contribution in [0.15, 0.2) is 18.2 Å². The number of carbonyl (C=O) groups is 2. The molecule has 0 saturated heterocycles. The molecule has 0 aliphatic heterocycles. The molecule has 5 nitrogen and oxygen atoms in total. The fourth-order valence-corrected chi connectivity index (χ4v) is 2.22. The molecule has 0 radical (unpaired) electrons. The molecule has 0 spiro atoms. The molecule has 0 aliphatic rings. The molecular formula is C13H16INO4. The van der Waals surface area contributed by atoms with E-state index in [4.69, 9.17) is 0 Å². The first-order valence-corrected chi connectivity index (χ1v) is 6.83. The molecule has 0 aromatic heterocycles. The van der Waals surface area contributed by atoms with Gasteiger partial charge < -0.3 is 15.1 Å². The van der Waals surface area contributed by atoms with Crippen molar-refractivity contribution in [3.05, 3.63) is 27.3 Å². The number of benzene rings is 1. The van der Waals surface area contributed by atoms with Crippen molar-refractivity contribution in [3.63, 3.8) is 0 Å². The van der Waals surface area contributed by atoms with Crippen molar-refractivity contribution in [2.75, 3.05) is 6.54 Å². The lowest BCUT2D eigenvalue weighted by atomic mass is 10.0. The summed E-state index contributed by atoms with van der Waals surface area (Å²) in [6.07, 6.45) is 0. The first-order valence-electron chi connectivity index (χ1n) is 5.75. The molecule has 19 heavy (non-hydrogen) atoms. The largest absolute Gasteiger partial charge is 0.507 e. The average molecular weight is 377 g/mol. The Labute approximate surface area is 125 Å². The molecule has 1 rings (SSSR count). The average Bonchev–Trinajstić information content (AvgIpc) is 2.32. The maximum atomic E-state index is 12.4. The fourth-order valence-electron chi connectivity index (χ4n) is 1.73. The van der Waals surface area contributed by atoms with Crippen molar-refractivity contribution in [2.45, 2.75) is 26.3 Å². The van der Waals surface area contributed by atoms with Crippen LogP contribution in [0.1, 0.15) is 31.1 Å². The lowest BCUT2D eigenvalue weighted by Crippen LogP contribution is -2.52. The first-order chi connectivity index (χ1) is 8.71. The van der Waals surface area contributed by atoms with E-state index < -0.39 is 17.4 Å². The summed E-state index contributed by atoms with van der Waals surface area (Å²) in [6, 6.07) is 4.64. The van der Waals surface area contributed by atoms with E-state index in [-0.39, 0.29) is 17.9 Å². The van der Waals surface area contributed by atoms with Gasteiger partial charge in [0.25, 0.3) is 5.91 Å². The van der Waals surface area contributed by atoms with Crippen LogP contribution in [-0.2, 0) is 4.79 Å². The van der Waals surface area contributed by atoms with Crippen LogP contribution in [0.3, 0.4) is 0 Å². The van der Waals surface area contributed by atoms with Crippen LogP contribution in [-0.4, -0.2) is 39.1 Å². The van der Waals surface area contributed by atoms with Crippen molar-refractivity contribution >= 4 is 34.5 Å². The van der Waals surface area contributed by atoms with Gasteiger partial charge in [-0.05, 0) is 61.6 Å². The van der Waals surface area contributed by atoms with Gasteiger partial charge in [-0.3, -0.25) is 4.79 Å². The molecule has 0 bridgehead atoms. The molecule has 0 saturated carbocycles. The number of hydrogen-bond acceptors (Lipinski definition) is 3. The number of rotatable bonds is 4. The Morgan fingerprint density at radius 2 is 1.95 bits per heavy atom. The number of carboxylic acids is 1. The number of amides is 1. The molecule has 0 fully saturated rings. The molecule has 1 amide bonds. The number of phenolic OH excluding ortho intramolecular Hbond substituents is 1. The van der Waals surface area contributed by atoms with Crippen LogP contribution in [0.5, 0.6) is 5.75 Å². The van der Waals surface area contributed by atoms with Crippen molar-refractivity contribution in [2.24, 2.45) is 0 Å². The number of carbonyl (C=O) groups excluding carboxylic acids is 1. The summed E-state index contributed by atoms with van der Waals surface area (Å²) in [5, 5.41) is 19.0. The zero-order valence-corrected chi connectivity index (χ0v) is 13.1. The molecule has 1 aromatic rings. The van der Waals surface area contributed by atoms with Gasteiger partial charge in [0.05, 0.1) is 5.56 Å². The Morgan fingerprint density at radius 1 is 1.37 bits per heavy atom. The summed E-state index contributed by atoms with van der Waals surface area (Å²) in [5.74, 6) is -1.73. The molecular weight excluding hydrogens is 361 g/mol. The normalized spacial score (nSPS) is 11.2. The van der Waals surface area contributed by atoms with Crippen molar-refractivity contribution in [1.29, 1.82) is 0 Å². The molecule has 6 heteroatoms. The van der Waals surface area contributed by atoms with E-state index in [1.165, 1.54) is 24.8 Å². The second kappa shape index (κ2) is 5.77. The highest BCUT2D eigenvalue weighted by Gasteiger charge is 2.37.